The number of carbonyl (C=O) groups is 2. The van der Waals surface area contributed by atoms with Crippen molar-refractivity contribution in [3.05, 3.63) is 71.7 Å². The van der Waals surface area contributed by atoms with E-state index in [1.807, 2.05) is 36.4 Å². The number of hydrogen-bond donors (Lipinski definition) is 1. The summed E-state index contributed by atoms with van der Waals surface area (Å²) in [5.41, 5.74) is 2.67. The second kappa shape index (κ2) is 9.02. The van der Waals surface area contributed by atoms with Crippen LogP contribution in [-0.2, 0) is 19.1 Å². The molecule has 6 heteroatoms. The number of pyridine rings is 1. The van der Waals surface area contributed by atoms with E-state index in [0.717, 1.165) is 17.2 Å². The number of ether oxygens (including phenoxy) is 2. The normalized spacial score (nSPS) is 11.2. The highest BCUT2D eigenvalue weighted by atomic mass is 16.5. The summed E-state index contributed by atoms with van der Waals surface area (Å²) in [5.74, 6) is -1.31. The molecule has 1 N–H and O–H groups in total. The van der Waals surface area contributed by atoms with E-state index in [1.54, 1.807) is 24.5 Å². The number of benzene rings is 1. The van der Waals surface area contributed by atoms with E-state index < -0.39 is 11.9 Å². The minimum absolute atomic E-state index is 0.00516. The lowest BCUT2D eigenvalue weighted by Gasteiger charge is -2.09. The van der Waals surface area contributed by atoms with Crippen molar-refractivity contribution in [2.75, 3.05) is 19.5 Å². The molecule has 0 atom stereocenters. The molecule has 0 fully saturated rings. The number of nitrogens with zero attached hydrogens (tertiary/aromatic N) is 1. The van der Waals surface area contributed by atoms with Crippen molar-refractivity contribution in [1.29, 1.82) is 0 Å². The number of carbonyl (C=O) groups excluding carboxylic acids is 2. The van der Waals surface area contributed by atoms with Crippen LogP contribution in [0.5, 0.6) is 0 Å². The molecule has 1 aromatic heterocycles. The number of aromatic nitrogens is 1. The molecule has 0 bridgehead atoms. The number of anilines is 1. The molecule has 2 aromatic rings. The van der Waals surface area contributed by atoms with Crippen LogP contribution in [0.1, 0.15) is 11.1 Å². The first kappa shape index (κ1) is 17.9. The Bertz CT molecular complexity index is 781. The first-order valence-corrected chi connectivity index (χ1v) is 7.45. The fourth-order valence-electron chi connectivity index (χ4n) is 1.93. The maximum atomic E-state index is 11.7. The largest absolute Gasteiger partial charge is 0.466 e. The van der Waals surface area contributed by atoms with Gasteiger partial charge in [0.1, 0.15) is 5.70 Å². The second-order valence-corrected chi connectivity index (χ2v) is 4.93. The van der Waals surface area contributed by atoms with Gasteiger partial charge in [-0.1, -0.05) is 24.3 Å². The van der Waals surface area contributed by atoms with Gasteiger partial charge in [-0.2, -0.15) is 0 Å². The van der Waals surface area contributed by atoms with Crippen molar-refractivity contribution in [2.24, 2.45) is 0 Å². The minimum Gasteiger partial charge on any atom is -0.466 e. The standard InChI is InChI=1S/C19H18N2O4/c1-24-18(22)13-17(19(23)25-2)21-16-7-5-14(6-8-16)3-4-15-9-11-20-12-10-15/h3-13,21H,1-2H3/b4-3?,17-13+. The number of methoxy groups -OCH3 is 2. The smallest absolute Gasteiger partial charge is 0.354 e. The fraction of sp³-hybridized carbons (Fsp3) is 0.105. The Morgan fingerprint density at radius 2 is 1.52 bits per heavy atom. The van der Waals surface area contributed by atoms with Gasteiger partial charge >= 0.3 is 11.9 Å². The first-order valence-electron chi connectivity index (χ1n) is 7.45. The van der Waals surface area contributed by atoms with Crippen LogP contribution in [0.3, 0.4) is 0 Å². The van der Waals surface area contributed by atoms with Gasteiger partial charge in [-0.3, -0.25) is 4.98 Å². The van der Waals surface area contributed by atoms with E-state index in [-0.39, 0.29) is 5.70 Å². The van der Waals surface area contributed by atoms with Crippen LogP contribution in [0.2, 0.25) is 0 Å². The van der Waals surface area contributed by atoms with E-state index in [0.29, 0.717) is 5.69 Å². The van der Waals surface area contributed by atoms with E-state index in [9.17, 15) is 9.59 Å². The fourth-order valence-corrected chi connectivity index (χ4v) is 1.93. The lowest BCUT2D eigenvalue weighted by molar-refractivity contribution is -0.138. The third-order valence-electron chi connectivity index (χ3n) is 3.23. The molecule has 128 valence electrons. The Morgan fingerprint density at radius 3 is 2.08 bits per heavy atom. The summed E-state index contributed by atoms with van der Waals surface area (Å²) in [6, 6.07) is 11.2. The van der Waals surface area contributed by atoms with Crippen molar-refractivity contribution >= 4 is 29.8 Å². The van der Waals surface area contributed by atoms with Crippen LogP contribution >= 0.6 is 0 Å². The Balaban J connectivity index is 2.10. The Kier molecular flexibility index (Phi) is 6.47. The molecule has 0 unspecified atom stereocenters. The Labute approximate surface area is 145 Å². The monoisotopic (exact) mass is 338 g/mol. The predicted molar refractivity (Wildman–Crippen MR) is 95.3 cm³/mol. The second-order valence-electron chi connectivity index (χ2n) is 4.93. The minimum atomic E-state index is -0.660. The van der Waals surface area contributed by atoms with Gasteiger partial charge in [-0.15, -0.1) is 0 Å². The summed E-state index contributed by atoms with van der Waals surface area (Å²) in [6.07, 6.45) is 8.44. The van der Waals surface area contributed by atoms with Gasteiger partial charge in [-0.25, -0.2) is 9.59 Å². The van der Waals surface area contributed by atoms with Crippen LogP contribution in [-0.4, -0.2) is 31.1 Å². The molecule has 6 nitrogen and oxygen atoms in total. The highest BCUT2D eigenvalue weighted by Gasteiger charge is 2.12. The van der Waals surface area contributed by atoms with E-state index in [1.165, 1.54) is 14.2 Å². The molecule has 2 rings (SSSR count). The summed E-state index contributed by atoms with van der Waals surface area (Å²) in [7, 11) is 2.47. The van der Waals surface area contributed by atoms with Crippen LogP contribution in [0.4, 0.5) is 5.69 Å². The van der Waals surface area contributed by atoms with Crippen molar-refractivity contribution in [3.63, 3.8) is 0 Å². The molecule has 0 aliphatic heterocycles. The van der Waals surface area contributed by atoms with E-state index in [2.05, 4.69) is 19.8 Å². The van der Waals surface area contributed by atoms with E-state index in [4.69, 9.17) is 0 Å². The molecule has 0 amide bonds. The summed E-state index contributed by atoms with van der Waals surface area (Å²) < 4.78 is 9.18. The molecular weight excluding hydrogens is 320 g/mol. The van der Waals surface area contributed by atoms with Gasteiger partial charge in [0, 0.05) is 18.1 Å². The Hall–Kier alpha value is -3.41. The maximum Gasteiger partial charge on any atom is 0.354 e. The van der Waals surface area contributed by atoms with Crippen LogP contribution in [0.25, 0.3) is 12.2 Å². The Morgan fingerprint density at radius 1 is 0.920 bits per heavy atom. The zero-order valence-electron chi connectivity index (χ0n) is 13.9. The van der Waals surface area contributed by atoms with E-state index >= 15 is 0 Å². The third-order valence-corrected chi connectivity index (χ3v) is 3.23. The highest BCUT2D eigenvalue weighted by molar-refractivity contribution is 5.98. The number of hydrogen-bond acceptors (Lipinski definition) is 6. The van der Waals surface area contributed by atoms with Crippen molar-refractivity contribution in [1.82, 2.24) is 4.98 Å². The van der Waals surface area contributed by atoms with Crippen LogP contribution < -0.4 is 5.32 Å². The summed E-state index contributed by atoms with van der Waals surface area (Å²) in [4.78, 5) is 27.0. The molecular formula is C19H18N2O4. The summed E-state index contributed by atoms with van der Waals surface area (Å²) >= 11 is 0. The third kappa shape index (κ3) is 5.62. The molecule has 25 heavy (non-hydrogen) atoms. The van der Waals surface area contributed by atoms with Crippen LogP contribution in [0, 0.1) is 0 Å². The van der Waals surface area contributed by atoms with Gasteiger partial charge in [0.25, 0.3) is 0 Å². The molecule has 0 spiro atoms. The molecule has 0 saturated heterocycles. The number of esters is 2. The zero-order chi connectivity index (χ0) is 18.1. The van der Waals surface area contributed by atoms with Crippen molar-refractivity contribution < 1.29 is 19.1 Å². The molecule has 1 aromatic carbocycles. The van der Waals surface area contributed by atoms with Gasteiger partial charge in [0.15, 0.2) is 0 Å². The van der Waals surface area contributed by atoms with Gasteiger partial charge in [-0.05, 0) is 35.4 Å². The number of rotatable bonds is 6. The summed E-state index contributed by atoms with van der Waals surface area (Å²) in [6.45, 7) is 0. The zero-order valence-corrected chi connectivity index (χ0v) is 13.9. The average molecular weight is 338 g/mol. The number of nitrogens with one attached hydrogen (secondary N) is 1. The lowest BCUT2D eigenvalue weighted by atomic mass is 10.1. The van der Waals surface area contributed by atoms with Gasteiger partial charge < -0.3 is 14.8 Å². The average Bonchev–Trinajstić information content (AvgIpc) is 2.66. The lowest BCUT2D eigenvalue weighted by Crippen LogP contribution is -2.15. The van der Waals surface area contributed by atoms with Crippen molar-refractivity contribution in [2.45, 2.75) is 0 Å². The first-order chi connectivity index (χ1) is 12.1. The van der Waals surface area contributed by atoms with Crippen molar-refractivity contribution in [3.8, 4) is 0 Å². The summed E-state index contributed by atoms with van der Waals surface area (Å²) in [5, 5.41) is 2.85. The van der Waals surface area contributed by atoms with Crippen LogP contribution in [0.15, 0.2) is 60.6 Å². The predicted octanol–water partition coefficient (Wildman–Crippen LogP) is 2.89. The quantitative estimate of drug-likeness (QED) is 0.645. The van der Waals surface area contributed by atoms with Gasteiger partial charge in [0.05, 0.1) is 20.3 Å². The molecule has 0 aliphatic carbocycles. The molecule has 0 aliphatic rings. The molecule has 0 radical (unpaired) electrons. The molecule has 0 saturated carbocycles. The van der Waals surface area contributed by atoms with Gasteiger partial charge in [0.2, 0.25) is 0 Å². The topological polar surface area (TPSA) is 77.5 Å². The SMILES string of the molecule is COC(=O)/C=C(/Nc1ccc(C=Cc2ccncc2)cc1)C(=O)OC. The highest BCUT2D eigenvalue weighted by Crippen LogP contribution is 2.15. The molecule has 1 heterocycles. The maximum absolute atomic E-state index is 11.7.